The van der Waals surface area contributed by atoms with Crippen molar-refractivity contribution < 1.29 is 0 Å². The molecule has 0 aromatic heterocycles. The topological polar surface area (TPSA) is 29.3 Å². The number of nitrogens with two attached hydrogens (primary N) is 1. The van der Waals surface area contributed by atoms with Gasteiger partial charge in [0.1, 0.15) is 0 Å². The number of benzene rings is 1. The third-order valence-corrected chi connectivity index (χ3v) is 4.04. The Morgan fingerprint density at radius 2 is 1.63 bits per heavy atom. The second-order valence-corrected chi connectivity index (χ2v) is 6.32. The summed E-state index contributed by atoms with van der Waals surface area (Å²) in [5.74, 6) is 0. The highest BCUT2D eigenvalue weighted by Crippen LogP contribution is 2.23. The van der Waals surface area contributed by atoms with Crippen LogP contribution in [0.5, 0.6) is 0 Å². The van der Waals surface area contributed by atoms with Crippen LogP contribution in [-0.4, -0.2) is 23.5 Å². The molecule has 0 saturated heterocycles. The lowest BCUT2D eigenvalue weighted by atomic mass is 9.96. The van der Waals surface area contributed by atoms with E-state index in [0.717, 1.165) is 19.5 Å². The van der Waals surface area contributed by atoms with Crippen molar-refractivity contribution in [2.75, 3.05) is 13.1 Å². The van der Waals surface area contributed by atoms with Gasteiger partial charge in [-0.1, -0.05) is 24.6 Å². The molecular weight excluding hydrogens is 232 g/mol. The minimum atomic E-state index is 0.0553. The zero-order chi connectivity index (χ0) is 14.6. The first-order valence-corrected chi connectivity index (χ1v) is 7.33. The van der Waals surface area contributed by atoms with Crippen molar-refractivity contribution in [1.29, 1.82) is 0 Å². The van der Waals surface area contributed by atoms with Gasteiger partial charge >= 0.3 is 0 Å². The van der Waals surface area contributed by atoms with Crippen LogP contribution in [0, 0.1) is 20.8 Å². The summed E-state index contributed by atoms with van der Waals surface area (Å²) in [6.45, 7) is 16.1. The van der Waals surface area contributed by atoms with Gasteiger partial charge in [0.25, 0.3) is 0 Å². The Kier molecular flexibility index (Phi) is 5.57. The maximum absolute atomic E-state index is 5.95. The molecule has 0 spiro atoms. The second-order valence-electron chi connectivity index (χ2n) is 6.32. The fraction of sp³-hybridized carbons (Fsp3) is 0.647. The Labute approximate surface area is 119 Å². The fourth-order valence-corrected chi connectivity index (χ4v) is 2.64. The predicted molar refractivity (Wildman–Crippen MR) is 84.5 cm³/mol. The van der Waals surface area contributed by atoms with Crippen LogP contribution in [0.15, 0.2) is 12.1 Å². The Bertz CT molecular complexity index is 398. The summed E-state index contributed by atoms with van der Waals surface area (Å²) in [7, 11) is 0. The van der Waals surface area contributed by atoms with E-state index in [4.69, 9.17) is 5.73 Å². The third kappa shape index (κ3) is 4.05. The van der Waals surface area contributed by atoms with Gasteiger partial charge in [0.05, 0.1) is 0 Å². The highest BCUT2D eigenvalue weighted by molar-refractivity contribution is 5.37. The highest BCUT2D eigenvalue weighted by atomic mass is 15.2. The van der Waals surface area contributed by atoms with Crippen LogP contribution in [0.25, 0.3) is 0 Å². The largest absolute Gasteiger partial charge is 0.329 e. The molecular formula is C17H30N2. The first-order chi connectivity index (χ1) is 8.81. The molecule has 2 heteroatoms. The van der Waals surface area contributed by atoms with E-state index in [1.54, 1.807) is 0 Å². The average Bonchev–Trinajstić information content (AvgIpc) is 2.32. The molecule has 0 fully saturated rings. The van der Waals surface area contributed by atoms with E-state index in [1.807, 2.05) is 0 Å². The van der Waals surface area contributed by atoms with E-state index in [9.17, 15) is 0 Å². The molecule has 2 nitrogen and oxygen atoms in total. The lowest BCUT2D eigenvalue weighted by Gasteiger charge is -2.38. The van der Waals surface area contributed by atoms with Crippen LogP contribution >= 0.6 is 0 Å². The summed E-state index contributed by atoms with van der Waals surface area (Å²) in [4.78, 5) is 2.51. The predicted octanol–water partition coefficient (Wildman–Crippen LogP) is 3.56. The van der Waals surface area contributed by atoms with Crippen LogP contribution in [0.2, 0.25) is 0 Å². The molecule has 0 aliphatic carbocycles. The third-order valence-electron chi connectivity index (χ3n) is 4.04. The fourth-order valence-electron chi connectivity index (χ4n) is 2.64. The van der Waals surface area contributed by atoms with E-state index in [2.05, 4.69) is 58.6 Å². The van der Waals surface area contributed by atoms with Crippen LogP contribution < -0.4 is 5.73 Å². The Morgan fingerprint density at radius 1 is 1.11 bits per heavy atom. The molecule has 0 aliphatic heterocycles. The van der Waals surface area contributed by atoms with Gasteiger partial charge in [-0.05, 0) is 64.3 Å². The number of nitrogens with zero attached hydrogens (tertiary/aromatic N) is 1. The summed E-state index contributed by atoms with van der Waals surface area (Å²) in [5.41, 5.74) is 11.6. The lowest BCUT2D eigenvalue weighted by Crippen LogP contribution is -2.49. The van der Waals surface area contributed by atoms with E-state index in [-0.39, 0.29) is 5.54 Å². The first-order valence-electron chi connectivity index (χ1n) is 7.33. The molecule has 1 rings (SSSR count). The molecule has 0 heterocycles. The quantitative estimate of drug-likeness (QED) is 0.849. The molecule has 0 radical (unpaired) electrons. The maximum Gasteiger partial charge on any atom is 0.0278 e. The smallest absolute Gasteiger partial charge is 0.0278 e. The average molecular weight is 262 g/mol. The van der Waals surface area contributed by atoms with Crippen molar-refractivity contribution in [3.8, 4) is 0 Å². The van der Waals surface area contributed by atoms with Crippen molar-refractivity contribution in [2.45, 2.75) is 60.0 Å². The van der Waals surface area contributed by atoms with Gasteiger partial charge in [0.15, 0.2) is 0 Å². The van der Waals surface area contributed by atoms with E-state index in [0.29, 0.717) is 6.54 Å². The molecule has 108 valence electrons. The molecule has 2 N–H and O–H groups in total. The van der Waals surface area contributed by atoms with Crippen molar-refractivity contribution in [1.82, 2.24) is 4.90 Å². The van der Waals surface area contributed by atoms with Gasteiger partial charge in [-0.15, -0.1) is 0 Å². The number of hydrogen-bond donors (Lipinski definition) is 1. The van der Waals surface area contributed by atoms with Crippen molar-refractivity contribution >= 4 is 0 Å². The molecule has 0 amide bonds. The molecule has 0 bridgehead atoms. The zero-order valence-corrected chi connectivity index (χ0v) is 13.5. The van der Waals surface area contributed by atoms with Gasteiger partial charge in [0.2, 0.25) is 0 Å². The number of hydrogen-bond acceptors (Lipinski definition) is 2. The molecule has 0 unspecified atom stereocenters. The van der Waals surface area contributed by atoms with E-state index < -0.39 is 0 Å². The van der Waals surface area contributed by atoms with Gasteiger partial charge in [-0.25, -0.2) is 0 Å². The highest BCUT2D eigenvalue weighted by Gasteiger charge is 2.25. The minimum absolute atomic E-state index is 0.0553. The molecule has 19 heavy (non-hydrogen) atoms. The molecule has 1 aromatic rings. The summed E-state index contributed by atoms with van der Waals surface area (Å²) >= 11 is 0. The standard InChI is InChI=1S/C17H30N2/c1-7-8-19(17(5,6)12-18)11-16-14(3)9-13(2)10-15(16)4/h9-10H,7-8,11-12,18H2,1-6H3. The van der Waals surface area contributed by atoms with Crippen LogP contribution in [0.3, 0.4) is 0 Å². The normalized spacial score (nSPS) is 12.2. The van der Waals surface area contributed by atoms with Crippen LogP contribution in [0.1, 0.15) is 49.4 Å². The van der Waals surface area contributed by atoms with Crippen molar-refractivity contribution in [3.63, 3.8) is 0 Å². The second kappa shape index (κ2) is 6.53. The molecule has 0 aliphatic rings. The Balaban J connectivity index is 3.04. The maximum atomic E-state index is 5.95. The molecule has 0 saturated carbocycles. The van der Waals surface area contributed by atoms with Crippen LogP contribution in [0.4, 0.5) is 0 Å². The van der Waals surface area contributed by atoms with E-state index >= 15 is 0 Å². The summed E-state index contributed by atoms with van der Waals surface area (Å²) in [6, 6.07) is 4.56. The van der Waals surface area contributed by atoms with E-state index in [1.165, 1.54) is 22.3 Å². The summed E-state index contributed by atoms with van der Waals surface area (Å²) in [6.07, 6.45) is 1.16. The Hall–Kier alpha value is -0.860. The van der Waals surface area contributed by atoms with Gasteiger partial charge in [-0.3, -0.25) is 4.90 Å². The molecule has 1 aromatic carbocycles. The van der Waals surface area contributed by atoms with Gasteiger partial charge in [0, 0.05) is 18.6 Å². The lowest BCUT2D eigenvalue weighted by molar-refractivity contribution is 0.117. The van der Waals surface area contributed by atoms with Crippen LogP contribution in [-0.2, 0) is 6.54 Å². The van der Waals surface area contributed by atoms with Crippen molar-refractivity contribution in [3.05, 3.63) is 34.4 Å². The van der Waals surface area contributed by atoms with Crippen molar-refractivity contribution in [2.24, 2.45) is 5.73 Å². The number of aryl methyl sites for hydroxylation is 3. The van der Waals surface area contributed by atoms with Gasteiger partial charge in [-0.2, -0.15) is 0 Å². The van der Waals surface area contributed by atoms with Gasteiger partial charge < -0.3 is 5.73 Å². The number of rotatable bonds is 6. The summed E-state index contributed by atoms with van der Waals surface area (Å²) in [5, 5.41) is 0. The monoisotopic (exact) mass is 262 g/mol. The first kappa shape index (κ1) is 16.2. The Morgan fingerprint density at radius 3 is 2.05 bits per heavy atom. The molecule has 0 atom stereocenters. The summed E-state index contributed by atoms with van der Waals surface area (Å²) < 4.78 is 0. The SMILES string of the molecule is CCCN(Cc1c(C)cc(C)cc1C)C(C)(C)CN. The zero-order valence-electron chi connectivity index (χ0n) is 13.5. The minimum Gasteiger partial charge on any atom is -0.329 e.